The summed E-state index contributed by atoms with van der Waals surface area (Å²) in [5.74, 6) is -0.762. The molecule has 0 aliphatic heterocycles. The predicted octanol–water partition coefficient (Wildman–Crippen LogP) is 3.78. The number of phenols is 2. The van der Waals surface area contributed by atoms with Crippen molar-refractivity contribution in [3.05, 3.63) is 98.1 Å². The van der Waals surface area contributed by atoms with Crippen molar-refractivity contribution in [1.29, 1.82) is 0 Å². The third-order valence-electron chi connectivity index (χ3n) is 3.99. The van der Waals surface area contributed by atoms with E-state index in [0.717, 1.165) is 12.1 Å². The van der Waals surface area contributed by atoms with Gasteiger partial charge in [-0.25, -0.2) is 0 Å². The Morgan fingerprint density at radius 3 is 2.28 bits per heavy atom. The second kappa shape index (κ2) is 8.05. The van der Waals surface area contributed by atoms with Crippen molar-refractivity contribution < 1.29 is 20.1 Å². The van der Waals surface area contributed by atoms with Crippen LogP contribution in [0.2, 0.25) is 0 Å². The van der Waals surface area contributed by atoms with Gasteiger partial charge in [-0.1, -0.05) is 36.4 Å². The zero-order valence-corrected chi connectivity index (χ0v) is 14.7. The number of hydrogen-bond acceptors (Lipinski definition) is 8. The van der Waals surface area contributed by atoms with Gasteiger partial charge in [-0.3, -0.25) is 25.7 Å². The van der Waals surface area contributed by atoms with Crippen molar-refractivity contribution in [2.24, 2.45) is 5.10 Å². The lowest BCUT2D eigenvalue weighted by molar-refractivity contribution is -0.393. The fraction of sp³-hybridized carbons (Fsp3) is 0. The maximum atomic E-state index is 11.3. The molecule has 3 aromatic carbocycles. The van der Waals surface area contributed by atoms with Gasteiger partial charge in [-0.2, -0.15) is 5.10 Å². The van der Waals surface area contributed by atoms with Gasteiger partial charge in [0, 0.05) is 17.2 Å². The maximum Gasteiger partial charge on any atom is 0.301 e. The van der Waals surface area contributed by atoms with Crippen molar-refractivity contribution in [2.75, 3.05) is 5.43 Å². The number of para-hydroxylation sites is 1. The number of aromatic hydroxyl groups is 2. The van der Waals surface area contributed by atoms with Crippen molar-refractivity contribution >= 4 is 22.8 Å². The van der Waals surface area contributed by atoms with Gasteiger partial charge >= 0.3 is 5.69 Å². The molecule has 0 fully saturated rings. The van der Waals surface area contributed by atoms with Crippen LogP contribution in [0.3, 0.4) is 0 Å². The number of phenolic OH excluding ortho intramolecular Hbond substituents is 2. The standard InChI is InChI=1S/C19H14N4O6/c24-17-8-4-7-14(19(17)25)18(12-5-2-1-3-6-12)21-20-15-10-9-13(22(26)27)11-16(15)23(28)29/h1-11,20,24-25H. The third-order valence-corrected chi connectivity index (χ3v) is 3.99. The Hall–Kier alpha value is -4.47. The van der Waals surface area contributed by atoms with Gasteiger partial charge in [0.25, 0.3) is 5.69 Å². The van der Waals surface area contributed by atoms with Crippen molar-refractivity contribution in [3.63, 3.8) is 0 Å². The maximum absolute atomic E-state index is 11.3. The van der Waals surface area contributed by atoms with E-state index >= 15 is 0 Å². The fourth-order valence-electron chi connectivity index (χ4n) is 2.59. The topological polar surface area (TPSA) is 151 Å². The van der Waals surface area contributed by atoms with E-state index in [2.05, 4.69) is 10.5 Å². The van der Waals surface area contributed by atoms with Crippen LogP contribution in [0.4, 0.5) is 17.1 Å². The quantitative estimate of drug-likeness (QED) is 0.249. The van der Waals surface area contributed by atoms with E-state index in [4.69, 9.17) is 0 Å². The monoisotopic (exact) mass is 394 g/mol. The summed E-state index contributed by atoms with van der Waals surface area (Å²) >= 11 is 0. The molecule has 0 bridgehead atoms. The Morgan fingerprint density at radius 2 is 1.62 bits per heavy atom. The van der Waals surface area contributed by atoms with Crippen molar-refractivity contribution in [1.82, 2.24) is 0 Å². The van der Waals surface area contributed by atoms with Gasteiger partial charge in [-0.15, -0.1) is 0 Å². The Labute approximate surface area is 163 Å². The molecule has 146 valence electrons. The number of non-ortho nitro benzene ring substituents is 1. The minimum atomic E-state index is -0.765. The van der Waals surface area contributed by atoms with E-state index in [1.54, 1.807) is 30.3 Å². The van der Waals surface area contributed by atoms with E-state index in [9.17, 15) is 30.4 Å². The number of nitro benzene ring substituents is 2. The lowest BCUT2D eigenvalue weighted by Gasteiger charge is -2.11. The molecule has 0 spiro atoms. The van der Waals surface area contributed by atoms with Gasteiger partial charge in [0.1, 0.15) is 11.4 Å². The Kier molecular flexibility index (Phi) is 5.35. The summed E-state index contributed by atoms with van der Waals surface area (Å²) in [5, 5.41) is 46.4. The van der Waals surface area contributed by atoms with Gasteiger partial charge in [0.15, 0.2) is 11.5 Å². The minimum Gasteiger partial charge on any atom is -0.504 e. The zero-order chi connectivity index (χ0) is 21.0. The summed E-state index contributed by atoms with van der Waals surface area (Å²) < 4.78 is 0. The average molecular weight is 394 g/mol. The summed E-state index contributed by atoms with van der Waals surface area (Å²) in [6.45, 7) is 0. The second-order valence-electron chi connectivity index (χ2n) is 5.83. The molecule has 0 unspecified atom stereocenters. The lowest BCUT2D eigenvalue weighted by Crippen LogP contribution is -2.08. The molecule has 0 saturated carbocycles. The summed E-state index contributed by atoms with van der Waals surface area (Å²) in [4.78, 5) is 20.7. The zero-order valence-electron chi connectivity index (χ0n) is 14.7. The van der Waals surface area contributed by atoms with Crippen LogP contribution in [0, 0.1) is 20.2 Å². The molecule has 0 atom stereocenters. The molecule has 0 aliphatic carbocycles. The molecule has 0 aromatic heterocycles. The molecule has 10 heteroatoms. The predicted molar refractivity (Wildman–Crippen MR) is 105 cm³/mol. The Morgan fingerprint density at radius 1 is 0.897 bits per heavy atom. The average Bonchev–Trinajstić information content (AvgIpc) is 2.71. The number of nitrogens with zero attached hydrogens (tertiary/aromatic N) is 3. The molecule has 0 amide bonds. The first-order valence-electron chi connectivity index (χ1n) is 8.21. The second-order valence-corrected chi connectivity index (χ2v) is 5.83. The molecule has 0 heterocycles. The first-order valence-corrected chi connectivity index (χ1v) is 8.21. The Balaban J connectivity index is 2.10. The third kappa shape index (κ3) is 4.11. The number of anilines is 1. The van der Waals surface area contributed by atoms with Crippen LogP contribution in [0.25, 0.3) is 0 Å². The number of benzene rings is 3. The highest BCUT2D eigenvalue weighted by Crippen LogP contribution is 2.32. The van der Waals surface area contributed by atoms with Gasteiger partial charge < -0.3 is 10.2 Å². The van der Waals surface area contributed by atoms with Gasteiger partial charge in [0.05, 0.1) is 15.9 Å². The summed E-state index contributed by atoms with van der Waals surface area (Å²) in [5.41, 5.74) is 2.45. The van der Waals surface area contributed by atoms with Crippen molar-refractivity contribution in [2.45, 2.75) is 0 Å². The van der Waals surface area contributed by atoms with Crippen LogP contribution in [0.5, 0.6) is 11.5 Å². The van der Waals surface area contributed by atoms with Crippen LogP contribution in [-0.2, 0) is 0 Å². The molecule has 3 rings (SSSR count). The highest BCUT2D eigenvalue weighted by molar-refractivity contribution is 6.15. The van der Waals surface area contributed by atoms with E-state index in [0.29, 0.717) is 5.56 Å². The molecule has 0 aliphatic rings. The molecule has 0 radical (unpaired) electrons. The summed E-state index contributed by atoms with van der Waals surface area (Å²) in [6.07, 6.45) is 0. The normalized spacial score (nSPS) is 11.1. The number of rotatable bonds is 6. The van der Waals surface area contributed by atoms with Crippen LogP contribution in [0.15, 0.2) is 71.8 Å². The summed E-state index contributed by atoms with van der Waals surface area (Å²) in [7, 11) is 0. The number of hydrazone groups is 1. The van der Waals surface area contributed by atoms with Gasteiger partial charge in [-0.05, 0) is 18.2 Å². The smallest absolute Gasteiger partial charge is 0.301 e. The lowest BCUT2D eigenvalue weighted by atomic mass is 10.0. The number of nitrogens with one attached hydrogen (secondary N) is 1. The molecule has 0 saturated heterocycles. The largest absolute Gasteiger partial charge is 0.504 e. The molecular weight excluding hydrogens is 380 g/mol. The van der Waals surface area contributed by atoms with Gasteiger partial charge in [0.2, 0.25) is 0 Å². The first-order chi connectivity index (χ1) is 13.9. The van der Waals surface area contributed by atoms with E-state index < -0.39 is 27.0 Å². The minimum absolute atomic E-state index is 0.0753. The molecule has 29 heavy (non-hydrogen) atoms. The van der Waals surface area contributed by atoms with Crippen LogP contribution in [-0.4, -0.2) is 25.8 Å². The number of hydrogen-bond donors (Lipinski definition) is 3. The fourth-order valence-corrected chi connectivity index (χ4v) is 2.59. The molecular formula is C19H14N4O6. The molecule has 10 nitrogen and oxygen atoms in total. The summed E-state index contributed by atoms with van der Waals surface area (Å²) in [6, 6.07) is 16.1. The van der Waals surface area contributed by atoms with Crippen LogP contribution < -0.4 is 5.43 Å². The van der Waals surface area contributed by atoms with E-state index in [-0.39, 0.29) is 22.7 Å². The van der Waals surface area contributed by atoms with Crippen molar-refractivity contribution in [3.8, 4) is 11.5 Å². The SMILES string of the molecule is O=[N+]([O-])c1ccc(NN=C(c2ccccc2)c2cccc(O)c2O)c([N+](=O)[O-])c1. The Bertz CT molecular complexity index is 1110. The van der Waals surface area contributed by atoms with Crippen LogP contribution >= 0.6 is 0 Å². The van der Waals surface area contributed by atoms with E-state index in [1.165, 1.54) is 24.3 Å². The molecule has 3 aromatic rings. The molecule has 3 N–H and O–H groups in total. The first kappa shape index (κ1) is 19.3. The van der Waals surface area contributed by atoms with Crippen LogP contribution in [0.1, 0.15) is 11.1 Å². The highest BCUT2D eigenvalue weighted by atomic mass is 16.6. The number of nitro groups is 2. The highest BCUT2D eigenvalue weighted by Gasteiger charge is 2.20. The van der Waals surface area contributed by atoms with E-state index in [1.807, 2.05) is 0 Å².